The molecule has 2 aromatic rings. The maximum atomic E-state index is 14.4. The molecule has 2 nitrogen and oxygen atoms in total. The van der Waals surface area contributed by atoms with Gasteiger partial charge in [-0.1, -0.05) is 25.3 Å². The molecule has 0 aliphatic rings. The molecule has 134 valence electrons. The van der Waals surface area contributed by atoms with Gasteiger partial charge in [-0.3, -0.25) is 9.59 Å². The maximum Gasteiger partial charge on any atom is 0.219 e. The largest absolute Gasteiger partial charge is 0.282 e. The Bertz CT molecular complexity index is 903. The quantitative estimate of drug-likeness (QED) is 0.462. The number of halogens is 2. The monoisotopic (exact) mass is 390 g/mol. The molecule has 0 aromatic heterocycles. The minimum atomic E-state index is -0.683. The van der Waals surface area contributed by atoms with Gasteiger partial charge in [-0.25, -0.2) is 8.78 Å². The molecule has 0 amide bonds. The Kier molecular flexibility index (Phi) is 6.56. The summed E-state index contributed by atoms with van der Waals surface area (Å²) in [4.78, 5) is 23.9. The Morgan fingerprint density at radius 2 is 1.38 bits per heavy atom. The summed E-state index contributed by atoms with van der Waals surface area (Å²) in [5.41, 5.74) is 1.24. The second kappa shape index (κ2) is 8.47. The van der Waals surface area contributed by atoms with Gasteiger partial charge in [0.15, 0.2) is 0 Å². The number of hydrogen-bond acceptors (Lipinski definition) is 4. The van der Waals surface area contributed by atoms with Crippen molar-refractivity contribution < 1.29 is 18.4 Å². The standard InChI is InChI=1S/C20H16F2O2S2/c1-11(2)19(23)25-14-7-5-13(6-8-14)15-9-17(22)18(10-16(15)21)26-20(24)12(3)4/h5-10H,1,3H2,2,4H3. The van der Waals surface area contributed by atoms with Crippen LogP contribution in [0.2, 0.25) is 0 Å². The third-order valence-electron chi connectivity index (χ3n) is 3.30. The van der Waals surface area contributed by atoms with Gasteiger partial charge < -0.3 is 0 Å². The van der Waals surface area contributed by atoms with Crippen molar-refractivity contribution in [2.45, 2.75) is 23.6 Å². The van der Waals surface area contributed by atoms with Crippen LogP contribution in [-0.4, -0.2) is 10.2 Å². The van der Waals surface area contributed by atoms with Crippen LogP contribution < -0.4 is 0 Å². The van der Waals surface area contributed by atoms with Gasteiger partial charge in [-0.15, -0.1) is 0 Å². The van der Waals surface area contributed by atoms with E-state index >= 15 is 0 Å². The van der Waals surface area contributed by atoms with Gasteiger partial charge in [0.2, 0.25) is 10.2 Å². The summed E-state index contributed by atoms with van der Waals surface area (Å²) in [5, 5.41) is -0.571. The van der Waals surface area contributed by atoms with Crippen molar-refractivity contribution in [1.82, 2.24) is 0 Å². The molecule has 0 spiro atoms. The van der Waals surface area contributed by atoms with Crippen LogP contribution in [0, 0.1) is 11.6 Å². The summed E-state index contributed by atoms with van der Waals surface area (Å²) in [5.74, 6) is -1.32. The average Bonchev–Trinajstić information content (AvgIpc) is 2.58. The van der Waals surface area contributed by atoms with E-state index in [1.807, 2.05) is 0 Å². The molecule has 0 saturated carbocycles. The van der Waals surface area contributed by atoms with E-state index in [0.29, 0.717) is 27.8 Å². The van der Waals surface area contributed by atoms with Crippen LogP contribution in [-0.2, 0) is 9.59 Å². The van der Waals surface area contributed by atoms with Gasteiger partial charge in [-0.05, 0) is 78.3 Å². The number of benzene rings is 2. The van der Waals surface area contributed by atoms with Crippen molar-refractivity contribution in [2.24, 2.45) is 0 Å². The topological polar surface area (TPSA) is 34.1 Å². The van der Waals surface area contributed by atoms with Crippen molar-refractivity contribution in [3.63, 3.8) is 0 Å². The molecule has 2 rings (SSSR count). The van der Waals surface area contributed by atoms with Crippen molar-refractivity contribution >= 4 is 33.8 Å². The zero-order chi connectivity index (χ0) is 19.4. The van der Waals surface area contributed by atoms with Crippen LogP contribution in [0.3, 0.4) is 0 Å². The predicted molar refractivity (Wildman–Crippen MR) is 103 cm³/mol. The molecule has 26 heavy (non-hydrogen) atoms. The van der Waals surface area contributed by atoms with Crippen LogP contribution in [0.5, 0.6) is 0 Å². The highest BCUT2D eigenvalue weighted by atomic mass is 32.2. The van der Waals surface area contributed by atoms with Gasteiger partial charge >= 0.3 is 0 Å². The Labute approximate surface area is 159 Å². The Balaban J connectivity index is 2.27. The zero-order valence-electron chi connectivity index (χ0n) is 14.3. The van der Waals surface area contributed by atoms with Gasteiger partial charge in [0.25, 0.3) is 0 Å². The molecule has 2 aromatic carbocycles. The molecular weight excluding hydrogens is 374 g/mol. The normalized spacial score (nSPS) is 10.5. The Morgan fingerprint density at radius 3 is 1.92 bits per heavy atom. The van der Waals surface area contributed by atoms with E-state index in [1.165, 1.54) is 6.92 Å². The minimum Gasteiger partial charge on any atom is -0.282 e. The average molecular weight is 390 g/mol. The zero-order valence-corrected chi connectivity index (χ0v) is 15.9. The summed E-state index contributed by atoms with van der Waals surface area (Å²) >= 11 is 1.63. The van der Waals surface area contributed by atoms with Crippen LogP contribution in [0.1, 0.15) is 13.8 Å². The van der Waals surface area contributed by atoms with Crippen LogP contribution in [0.4, 0.5) is 8.78 Å². The van der Waals surface area contributed by atoms with E-state index in [1.54, 1.807) is 31.2 Å². The SMILES string of the molecule is C=C(C)C(=O)Sc1ccc(-c2cc(F)c(SC(=O)C(=C)C)cc2F)cc1. The lowest BCUT2D eigenvalue weighted by Gasteiger charge is -2.08. The smallest absolute Gasteiger partial charge is 0.219 e. The molecule has 0 radical (unpaired) electrons. The van der Waals surface area contributed by atoms with Crippen LogP contribution >= 0.6 is 23.5 Å². The molecule has 0 saturated heterocycles. The molecular formula is C20H16F2O2S2. The lowest BCUT2D eigenvalue weighted by Crippen LogP contribution is -1.96. The highest BCUT2D eigenvalue weighted by Gasteiger charge is 2.15. The maximum absolute atomic E-state index is 14.4. The first-order valence-electron chi connectivity index (χ1n) is 7.54. The molecule has 0 N–H and O–H groups in total. The molecule has 0 unspecified atom stereocenters. The van der Waals surface area contributed by atoms with E-state index in [0.717, 1.165) is 23.9 Å². The van der Waals surface area contributed by atoms with Crippen molar-refractivity contribution in [3.05, 3.63) is 72.3 Å². The van der Waals surface area contributed by atoms with Crippen molar-refractivity contribution in [1.29, 1.82) is 0 Å². The van der Waals surface area contributed by atoms with E-state index in [4.69, 9.17) is 0 Å². The number of rotatable bonds is 5. The van der Waals surface area contributed by atoms with Crippen LogP contribution in [0.15, 0.2) is 70.5 Å². The highest BCUT2D eigenvalue weighted by Crippen LogP contribution is 2.32. The Morgan fingerprint density at radius 1 is 0.846 bits per heavy atom. The third kappa shape index (κ3) is 4.93. The van der Waals surface area contributed by atoms with E-state index < -0.39 is 16.7 Å². The first-order valence-corrected chi connectivity index (χ1v) is 9.17. The Hall–Kier alpha value is -2.18. The van der Waals surface area contributed by atoms with Gasteiger partial charge in [0.05, 0.1) is 4.90 Å². The summed E-state index contributed by atoms with van der Waals surface area (Å²) in [6.45, 7) is 10.2. The number of hydrogen-bond donors (Lipinski definition) is 0. The molecule has 0 aliphatic heterocycles. The fourth-order valence-corrected chi connectivity index (χ4v) is 3.26. The highest BCUT2D eigenvalue weighted by molar-refractivity contribution is 8.14. The van der Waals surface area contributed by atoms with E-state index in [-0.39, 0.29) is 21.1 Å². The second-order valence-electron chi connectivity index (χ2n) is 5.63. The van der Waals surface area contributed by atoms with E-state index in [2.05, 4.69) is 13.2 Å². The minimum absolute atomic E-state index is 0.0809. The molecule has 0 heterocycles. The molecule has 0 atom stereocenters. The fraction of sp³-hybridized carbons (Fsp3) is 0.100. The van der Waals surface area contributed by atoms with Crippen molar-refractivity contribution in [3.8, 4) is 11.1 Å². The molecule has 6 heteroatoms. The predicted octanol–water partition coefficient (Wildman–Crippen LogP) is 6.02. The lowest BCUT2D eigenvalue weighted by atomic mass is 10.1. The first kappa shape index (κ1) is 20.1. The second-order valence-corrected chi connectivity index (χ2v) is 7.69. The fourth-order valence-electron chi connectivity index (χ4n) is 1.91. The summed E-state index contributed by atoms with van der Waals surface area (Å²) in [6, 6.07) is 8.60. The lowest BCUT2D eigenvalue weighted by molar-refractivity contribution is -0.108. The third-order valence-corrected chi connectivity index (χ3v) is 5.41. The summed E-state index contributed by atoms with van der Waals surface area (Å²) < 4.78 is 28.7. The molecule has 0 aliphatic carbocycles. The number of thioether (sulfide) groups is 2. The number of carbonyl (C=O) groups is 2. The van der Waals surface area contributed by atoms with Gasteiger partial charge in [-0.2, -0.15) is 0 Å². The van der Waals surface area contributed by atoms with Crippen LogP contribution in [0.25, 0.3) is 11.1 Å². The summed E-state index contributed by atoms with van der Waals surface area (Å²) in [6.07, 6.45) is 0. The van der Waals surface area contributed by atoms with Gasteiger partial charge in [0, 0.05) is 10.5 Å². The first-order chi connectivity index (χ1) is 12.2. The summed E-state index contributed by atoms with van der Waals surface area (Å²) in [7, 11) is 0. The molecule has 0 bridgehead atoms. The van der Waals surface area contributed by atoms with E-state index in [9.17, 15) is 18.4 Å². The number of carbonyl (C=O) groups excluding carboxylic acids is 2. The van der Waals surface area contributed by atoms with Gasteiger partial charge in [0.1, 0.15) is 11.6 Å². The molecule has 0 fully saturated rings. The van der Waals surface area contributed by atoms with Crippen molar-refractivity contribution in [2.75, 3.05) is 0 Å².